The number of piperazine rings is 1. The second kappa shape index (κ2) is 9.99. The van der Waals surface area contributed by atoms with Crippen molar-refractivity contribution in [3.8, 4) is 5.75 Å². The molecule has 0 aliphatic carbocycles. The van der Waals surface area contributed by atoms with Crippen LogP contribution in [0.3, 0.4) is 0 Å². The zero-order chi connectivity index (χ0) is 25.1. The second-order valence-corrected chi connectivity index (χ2v) is 8.43. The molecule has 0 saturated carbocycles. The van der Waals surface area contributed by atoms with Crippen LogP contribution in [0.5, 0.6) is 5.75 Å². The molecule has 1 atom stereocenters. The predicted molar refractivity (Wildman–Crippen MR) is 132 cm³/mol. The van der Waals surface area contributed by atoms with Crippen LogP contribution in [0.25, 0.3) is 11.0 Å². The van der Waals surface area contributed by atoms with Crippen LogP contribution in [0.2, 0.25) is 0 Å². The molecule has 0 spiro atoms. The van der Waals surface area contributed by atoms with Crippen molar-refractivity contribution in [2.45, 2.75) is 13.0 Å². The van der Waals surface area contributed by atoms with E-state index in [0.717, 1.165) is 0 Å². The molecule has 3 heterocycles. The molecule has 9 nitrogen and oxygen atoms in total. The van der Waals surface area contributed by atoms with Gasteiger partial charge in [0.15, 0.2) is 11.9 Å². The Morgan fingerprint density at radius 2 is 1.53 bits per heavy atom. The van der Waals surface area contributed by atoms with Crippen molar-refractivity contribution in [3.63, 3.8) is 0 Å². The van der Waals surface area contributed by atoms with Gasteiger partial charge in [-0.3, -0.25) is 14.4 Å². The molecule has 2 aromatic heterocycles. The van der Waals surface area contributed by atoms with E-state index in [1.807, 2.05) is 24.3 Å². The first-order valence-corrected chi connectivity index (χ1v) is 11.7. The topological polar surface area (TPSA) is 105 Å². The third kappa shape index (κ3) is 4.68. The van der Waals surface area contributed by atoms with E-state index in [1.54, 1.807) is 59.2 Å². The van der Waals surface area contributed by atoms with Gasteiger partial charge in [-0.2, -0.15) is 0 Å². The van der Waals surface area contributed by atoms with Gasteiger partial charge in [0.25, 0.3) is 17.7 Å². The number of nitrogens with zero attached hydrogens (tertiary/aromatic N) is 2. The number of hydrogen-bond acceptors (Lipinski definition) is 6. The first-order chi connectivity index (χ1) is 17.5. The number of para-hydroxylation sites is 2. The Bertz CT molecular complexity index is 1370. The van der Waals surface area contributed by atoms with E-state index in [1.165, 1.54) is 6.26 Å². The fourth-order valence-electron chi connectivity index (χ4n) is 4.11. The molecule has 184 valence electrons. The Kier molecular flexibility index (Phi) is 6.44. The van der Waals surface area contributed by atoms with Gasteiger partial charge in [0.2, 0.25) is 5.76 Å². The molecular formula is C27H25N3O6. The van der Waals surface area contributed by atoms with E-state index in [4.69, 9.17) is 13.6 Å². The molecule has 9 heteroatoms. The van der Waals surface area contributed by atoms with Crippen LogP contribution in [-0.4, -0.2) is 59.8 Å². The lowest BCUT2D eigenvalue weighted by Gasteiger charge is -2.34. The first-order valence-electron chi connectivity index (χ1n) is 11.7. The van der Waals surface area contributed by atoms with E-state index in [9.17, 15) is 14.4 Å². The number of fused-ring (bicyclic) bond motifs is 1. The highest BCUT2D eigenvalue weighted by Crippen LogP contribution is 2.32. The van der Waals surface area contributed by atoms with Crippen molar-refractivity contribution in [2.24, 2.45) is 0 Å². The van der Waals surface area contributed by atoms with E-state index in [2.05, 4.69) is 5.32 Å². The van der Waals surface area contributed by atoms with E-state index in [-0.39, 0.29) is 23.3 Å². The fraction of sp³-hybridized carbons (Fsp3) is 0.222. The van der Waals surface area contributed by atoms with Crippen LogP contribution in [-0.2, 0) is 4.79 Å². The molecule has 1 fully saturated rings. The highest BCUT2D eigenvalue weighted by molar-refractivity contribution is 6.11. The number of benzene rings is 2. The first kappa shape index (κ1) is 23.2. The Balaban J connectivity index is 1.32. The zero-order valence-electron chi connectivity index (χ0n) is 19.7. The minimum atomic E-state index is -0.805. The van der Waals surface area contributed by atoms with Gasteiger partial charge in [0.05, 0.1) is 6.26 Å². The summed E-state index contributed by atoms with van der Waals surface area (Å²) in [6.45, 7) is 3.00. The van der Waals surface area contributed by atoms with Gasteiger partial charge in [-0.15, -0.1) is 0 Å². The number of amides is 3. The maximum atomic E-state index is 13.5. The summed E-state index contributed by atoms with van der Waals surface area (Å²) in [5, 5.41) is 3.46. The molecule has 1 aliphatic rings. The molecule has 3 amide bonds. The van der Waals surface area contributed by atoms with Gasteiger partial charge >= 0.3 is 0 Å². The molecule has 1 aliphatic heterocycles. The van der Waals surface area contributed by atoms with E-state index in [0.29, 0.717) is 48.6 Å². The van der Waals surface area contributed by atoms with Crippen molar-refractivity contribution >= 4 is 34.4 Å². The lowest BCUT2D eigenvalue weighted by Crippen LogP contribution is -2.50. The van der Waals surface area contributed by atoms with Crippen LogP contribution >= 0.6 is 0 Å². The summed E-state index contributed by atoms with van der Waals surface area (Å²) in [4.78, 5) is 42.3. The Morgan fingerprint density at radius 3 is 2.22 bits per heavy atom. The molecule has 1 unspecified atom stereocenters. The third-order valence-corrected chi connectivity index (χ3v) is 6.05. The minimum absolute atomic E-state index is 0.0438. The number of carbonyl (C=O) groups excluding carboxylic acids is 3. The summed E-state index contributed by atoms with van der Waals surface area (Å²) in [7, 11) is 0. The summed E-state index contributed by atoms with van der Waals surface area (Å²) < 4.78 is 16.8. The smallest absolute Gasteiger partial charge is 0.291 e. The average Bonchev–Trinajstić information content (AvgIpc) is 3.57. The standard InChI is InChI=1S/C27H25N3O6/c1-18(35-19-8-3-2-4-9-19)25(31)28-23-20-10-5-6-11-21(20)36-24(23)27(33)30-15-13-29(14-16-30)26(32)22-12-7-17-34-22/h2-12,17-18H,13-16H2,1H3,(H,28,31). The predicted octanol–water partition coefficient (Wildman–Crippen LogP) is 4.03. The normalized spacial score (nSPS) is 14.5. The van der Waals surface area contributed by atoms with E-state index >= 15 is 0 Å². The number of ether oxygens (including phenoxy) is 1. The number of furan rings is 2. The minimum Gasteiger partial charge on any atom is -0.481 e. The van der Waals surface area contributed by atoms with Crippen LogP contribution in [0, 0.1) is 0 Å². The molecule has 0 radical (unpaired) electrons. The van der Waals surface area contributed by atoms with Crippen molar-refractivity contribution in [2.75, 3.05) is 31.5 Å². The van der Waals surface area contributed by atoms with Gasteiger partial charge in [-0.05, 0) is 43.3 Å². The number of rotatable bonds is 6. The van der Waals surface area contributed by atoms with Gasteiger partial charge in [0.1, 0.15) is 17.0 Å². The van der Waals surface area contributed by atoms with Gasteiger partial charge in [-0.25, -0.2) is 0 Å². The molecule has 1 N–H and O–H groups in total. The summed E-state index contributed by atoms with van der Waals surface area (Å²) in [5.74, 6) is -0.102. The van der Waals surface area contributed by atoms with Gasteiger partial charge in [0, 0.05) is 31.6 Å². The molecule has 1 saturated heterocycles. The SMILES string of the molecule is CC(Oc1ccccc1)C(=O)Nc1c(C(=O)N2CCN(C(=O)c3ccco3)CC2)oc2ccccc12. The largest absolute Gasteiger partial charge is 0.481 e. The van der Waals surface area contributed by atoms with E-state index < -0.39 is 12.0 Å². The Labute approximate surface area is 207 Å². The van der Waals surface area contributed by atoms with Crippen LogP contribution in [0.15, 0.2) is 81.8 Å². The molecule has 36 heavy (non-hydrogen) atoms. The number of hydrogen-bond donors (Lipinski definition) is 1. The Hall–Kier alpha value is -4.53. The van der Waals surface area contributed by atoms with Crippen molar-refractivity contribution in [1.29, 1.82) is 0 Å². The Morgan fingerprint density at radius 1 is 0.861 bits per heavy atom. The number of anilines is 1. The number of carbonyl (C=O) groups is 3. The molecule has 0 bridgehead atoms. The van der Waals surface area contributed by atoms with Crippen molar-refractivity contribution in [3.05, 3.63) is 84.5 Å². The summed E-state index contributed by atoms with van der Waals surface area (Å²) >= 11 is 0. The second-order valence-electron chi connectivity index (χ2n) is 8.43. The highest BCUT2D eigenvalue weighted by atomic mass is 16.5. The zero-order valence-corrected chi connectivity index (χ0v) is 19.7. The van der Waals surface area contributed by atoms with Crippen LogP contribution in [0.4, 0.5) is 5.69 Å². The maximum absolute atomic E-state index is 13.5. The van der Waals surface area contributed by atoms with Crippen molar-refractivity contribution < 1.29 is 28.0 Å². The highest BCUT2D eigenvalue weighted by Gasteiger charge is 2.31. The van der Waals surface area contributed by atoms with Gasteiger partial charge in [-0.1, -0.05) is 30.3 Å². The van der Waals surface area contributed by atoms with Gasteiger partial charge < -0.3 is 28.7 Å². The molecule has 2 aromatic carbocycles. The van der Waals surface area contributed by atoms with Crippen molar-refractivity contribution in [1.82, 2.24) is 9.80 Å². The van der Waals surface area contributed by atoms with Crippen LogP contribution in [0.1, 0.15) is 28.0 Å². The molecular weight excluding hydrogens is 462 g/mol. The van der Waals surface area contributed by atoms with Crippen LogP contribution < -0.4 is 10.1 Å². The lowest BCUT2D eigenvalue weighted by atomic mass is 10.2. The maximum Gasteiger partial charge on any atom is 0.291 e. The summed E-state index contributed by atoms with van der Waals surface area (Å²) in [5.41, 5.74) is 0.789. The summed E-state index contributed by atoms with van der Waals surface area (Å²) in [6.07, 6.45) is 0.649. The average molecular weight is 488 g/mol. The molecule has 4 aromatic rings. The monoisotopic (exact) mass is 487 g/mol. The fourth-order valence-corrected chi connectivity index (χ4v) is 4.11. The molecule has 5 rings (SSSR count). The lowest BCUT2D eigenvalue weighted by molar-refractivity contribution is -0.122. The summed E-state index contributed by atoms with van der Waals surface area (Å²) in [6, 6.07) is 19.5. The number of nitrogens with one attached hydrogen (secondary N) is 1. The quantitative estimate of drug-likeness (QED) is 0.440. The third-order valence-electron chi connectivity index (χ3n) is 6.05.